The molecule has 1 fully saturated rings. The van der Waals surface area contributed by atoms with E-state index in [2.05, 4.69) is 10.5 Å². The number of carbonyl (C=O) groups is 2. The van der Waals surface area contributed by atoms with Gasteiger partial charge in [0.1, 0.15) is 6.04 Å². The number of aromatic nitrogens is 1. The maximum Gasteiger partial charge on any atom is 0.417 e. The molecule has 2 amide bonds. The molecule has 1 aromatic rings. The normalized spacial score (nSPS) is 23.4. The number of hydrazine groups is 2. The van der Waals surface area contributed by atoms with Gasteiger partial charge in [0, 0.05) is 6.20 Å². The fraction of sp³-hybridized carbons (Fsp3) is 0.417. The minimum atomic E-state index is -4.65. The maximum absolute atomic E-state index is 12.6. The Kier molecular flexibility index (Phi) is 5.49. The Hall–Kier alpha value is -1.99. The lowest BCUT2D eigenvalue weighted by Crippen LogP contribution is -2.53. The predicted molar refractivity (Wildman–Crippen MR) is 79.2 cm³/mol. The van der Waals surface area contributed by atoms with E-state index in [0.717, 1.165) is 0 Å². The smallest absolute Gasteiger partial charge is 0.297 e. The van der Waals surface area contributed by atoms with Gasteiger partial charge in [-0.25, -0.2) is 21.7 Å². The molecule has 9 nitrogen and oxygen atoms in total. The molecular formula is C12H14ClF3N6O3. The summed E-state index contributed by atoms with van der Waals surface area (Å²) in [6.45, 7) is 1.50. The molecule has 1 aromatic heterocycles. The number of nitrogens with two attached hydrogens (primary N) is 2. The van der Waals surface area contributed by atoms with Gasteiger partial charge in [-0.15, -0.1) is 0 Å². The van der Waals surface area contributed by atoms with Gasteiger partial charge in [0.2, 0.25) is 0 Å². The van der Waals surface area contributed by atoms with Crippen LogP contribution in [-0.2, 0) is 20.6 Å². The van der Waals surface area contributed by atoms with Crippen LogP contribution in [0.15, 0.2) is 12.3 Å². The summed E-state index contributed by atoms with van der Waals surface area (Å²) in [6, 6.07) is -0.555. The lowest BCUT2D eigenvalue weighted by Gasteiger charge is -2.24. The fourth-order valence-electron chi connectivity index (χ4n) is 2.28. The van der Waals surface area contributed by atoms with Crippen LogP contribution in [0.2, 0.25) is 5.02 Å². The van der Waals surface area contributed by atoms with E-state index in [1.165, 1.54) is 6.92 Å². The molecule has 0 spiro atoms. The van der Waals surface area contributed by atoms with Crippen LogP contribution in [0.1, 0.15) is 12.5 Å². The topological polar surface area (TPSA) is 136 Å². The van der Waals surface area contributed by atoms with Gasteiger partial charge < -0.3 is 0 Å². The molecule has 0 bridgehead atoms. The number of hydrogen-bond acceptors (Lipinski definition) is 7. The van der Waals surface area contributed by atoms with Crippen LogP contribution in [0, 0.1) is 5.92 Å². The molecular weight excluding hydrogens is 369 g/mol. The number of nitrogens with one attached hydrogen (secondary N) is 2. The first kappa shape index (κ1) is 19.3. The van der Waals surface area contributed by atoms with Crippen molar-refractivity contribution in [2.45, 2.75) is 25.2 Å². The van der Waals surface area contributed by atoms with Gasteiger partial charge in [-0.1, -0.05) is 11.6 Å². The zero-order valence-electron chi connectivity index (χ0n) is 12.7. The number of carbonyl (C=O) groups excluding carboxylic acids is 2. The number of nitrogens with zero attached hydrogens (tertiary/aromatic N) is 2. The second-order valence-electron chi connectivity index (χ2n) is 5.19. The number of halogens is 4. The number of alkyl halides is 3. The highest BCUT2D eigenvalue weighted by atomic mass is 35.5. The molecule has 6 N–H and O–H groups in total. The number of anilines is 1. The third-order valence-electron chi connectivity index (χ3n) is 3.57. The molecule has 13 heteroatoms. The van der Waals surface area contributed by atoms with E-state index in [1.807, 2.05) is 5.43 Å². The van der Waals surface area contributed by atoms with Crippen molar-refractivity contribution in [3.8, 4) is 0 Å². The van der Waals surface area contributed by atoms with E-state index in [9.17, 15) is 22.8 Å². The molecule has 1 saturated heterocycles. The first-order valence-corrected chi connectivity index (χ1v) is 7.18. The quantitative estimate of drug-likeness (QED) is 0.324. The summed E-state index contributed by atoms with van der Waals surface area (Å²) in [7, 11) is 0. The summed E-state index contributed by atoms with van der Waals surface area (Å²) in [4.78, 5) is 32.8. The van der Waals surface area contributed by atoms with Crippen molar-refractivity contribution in [3.63, 3.8) is 0 Å². The van der Waals surface area contributed by atoms with Gasteiger partial charge in [-0.05, 0) is 13.0 Å². The van der Waals surface area contributed by atoms with Crippen molar-refractivity contribution in [1.29, 1.82) is 0 Å². The lowest BCUT2D eigenvalue weighted by atomic mass is 9.94. The van der Waals surface area contributed by atoms with Crippen LogP contribution in [0.3, 0.4) is 0 Å². The molecule has 2 rings (SSSR count). The molecule has 2 heterocycles. The predicted octanol–water partition coefficient (Wildman–Crippen LogP) is -0.141. The second kappa shape index (κ2) is 7.09. The summed E-state index contributed by atoms with van der Waals surface area (Å²) in [5.41, 5.74) is 3.11. The van der Waals surface area contributed by atoms with Gasteiger partial charge in [-0.3, -0.25) is 19.9 Å². The van der Waals surface area contributed by atoms with Gasteiger partial charge in [0.05, 0.1) is 22.6 Å². The number of rotatable bonds is 3. The Bertz CT molecular complexity index is 689. The van der Waals surface area contributed by atoms with Crippen LogP contribution in [0.25, 0.3) is 0 Å². The molecule has 138 valence electrons. The maximum atomic E-state index is 12.6. The van der Waals surface area contributed by atoms with E-state index < -0.39 is 52.5 Å². The van der Waals surface area contributed by atoms with Crippen molar-refractivity contribution in [1.82, 2.24) is 15.9 Å². The van der Waals surface area contributed by atoms with Crippen molar-refractivity contribution < 1.29 is 27.6 Å². The molecule has 0 saturated carbocycles. The third-order valence-corrected chi connectivity index (χ3v) is 3.85. The van der Waals surface area contributed by atoms with Gasteiger partial charge in [-0.2, -0.15) is 18.7 Å². The fourth-order valence-corrected chi connectivity index (χ4v) is 2.53. The summed E-state index contributed by atoms with van der Waals surface area (Å²) in [5, 5.41) is -0.0124. The third kappa shape index (κ3) is 3.82. The zero-order chi connectivity index (χ0) is 18.9. The van der Waals surface area contributed by atoms with Crippen molar-refractivity contribution in [3.05, 3.63) is 22.8 Å². The first-order chi connectivity index (χ1) is 11.6. The van der Waals surface area contributed by atoms with Gasteiger partial charge in [0.25, 0.3) is 11.8 Å². The molecule has 1 aliphatic rings. The van der Waals surface area contributed by atoms with Crippen LogP contribution in [0.5, 0.6) is 0 Å². The minimum Gasteiger partial charge on any atom is -0.297 e. The zero-order valence-corrected chi connectivity index (χ0v) is 13.4. The summed E-state index contributed by atoms with van der Waals surface area (Å²) < 4.78 is 37.9. The summed E-state index contributed by atoms with van der Waals surface area (Å²) in [5.74, 6) is 7.61. The van der Waals surface area contributed by atoms with Gasteiger partial charge in [0.15, 0.2) is 5.82 Å². The molecule has 1 aliphatic heterocycles. The number of pyridine rings is 1. The standard InChI is InChI=1S/C12H14ClF3N6O3/c1-4-7(8(21-25-4)10(23)20-17)11(24)22(18)9-6(13)2-5(3-19-9)12(14,15)16/h2-4,7-8,21H,17-18H2,1H3,(H,20,23)/t4-,7+,8+/m0/s1. The minimum absolute atomic E-state index is 0.398. The molecule has 25 heavy (non-hydrogen) atoms. The van der Waals surface area contributed by atoms with Crippen LogP contribution < -0.4 is 27.6 Å². The van der Waals surface area contributed by atoms with Crippen LogP contribution in [-0.4, -0.2) is 28.9 Å². The lowest BCUT2D eigenvalue weighted by molar-refractivity contribution is -0.137. The Labute approximate surface area is 144 Å². The van der Waals surface area contributed by atoms with E-state index in [1.54, 1.807) is 0 Å². The van der Waals surface area contributed by atoms with E-state index in [-0.39, 0.29) is 0 Å². The molecule has 0 unspecified atom stereocenters. The van der Waals surface area contributed by atoms with Crippen molar-refractivity contribution in [2.24, 2.45) is 17.6 Å². The second-order valence-corrected chi connectivity index (χ2v) is 5.60. The Morgan fingerprint density at radius 1 is 1.48 bits per heavy atom. The van der Waals surface area contributed by atoms with Crippen molar-refractivity contribution in [2.75, 3.05) is 5.01 Å². The van der Waals surface area contributed by atoms with Crippen LogP contribution in [0.4, 0.5) is 19.0 Å². The highest BCUT2D eigenvalue weighted by Crippen LogP contribution is 2.33. The number of amides is 2. The summed E-state index contributed by atoms with van der Waals surface area (Å²) >= 11 is 5.76. The van der Waals surface area contributed by atoms with E-state index >= 15 is 0 Å². The highest BCUT2D eigenvalue weighted by Gasteiger charge is 2.46. The molecule has 0 radical (unpaired) electrons. The van der Waals surface area contributed by atoms with Crippen LogP contribution >= 0.6 is 11.6 Å². The number of hydrogen-bond donors (Lipinski definition) is 4. The first-order valence-electron chi connectivity index (χ1n) is 6.81. The Balaban J connectivity index is 2.29. The molecule has 0 aliphatic carbocycles. The SMILES string of the molecule is C[C@@H]1ON[C@@H](C(=O)NN)[C@@H]1C(=O)N(N)c1ncc(C(F)(F)F)cc1Cl. The average molecular weight is 383 g/mol. The highest BCUT2D eigenvalue weighted by molar-refractivity contribution is 6.33. The average Bonchev–Trinajstić information content (AvgIpc) is 2.93. The van der Waals surface area contributed by atoms with E-state index in [4.69, 9.17) is 28.1 Å². The van der Waals surface area contributed by atoms with E-state index in [0.29, 0.717) is 17.3 Å². The van der Waals surface area contributed by atoms with Crippen molar-refractivity contribution >= 4 is 29.2 Å². The summed E-state index contributed by atoms with van der Waals surface area (Å²) in [6.07, 6.45) is -4.93. The molecule has 0 aromatic carbocycles. The molecule has 3 atom stereocenters. The van der Waals surface area contributed by atoms with Gasteiger partial charge >= 0.3 is 6.18 Å². The monoisotopic (exact) mass is 382 g/mol. The number of hydroxylamine groups is 1. The largest absolute Gasteiger partial charge is 0.417 e. The Morgan fingerprint density at radius 3 is 2.64 bits per heavy atom. The Morgan fingerprint density at radius 2 is 2.12 bits per heavy atom.